The maximum atomic E-state index is 11.5. The van der Waals surface area contributed by atoms with Crippen LogP contribution in [0.1, 0.15) is 11.1 Å². The second-order valence-electron chi connectivity index (χ2n) is 4.27. The Kier molecular flexibility index (Phi) is 2.52. The van der Waals surface area contributed by atoms with Crippen molar-refractivity contribution in [1.29, 1.82) is 0 Å². The zero-order chi connectivity index (χ0) is 12.5. The van der Waals surface area contributed by atoms with Gasteiger partial charge < -0.3 is 9.64 Å². The van der Waals surface area contributed by atoms with E-state index in [1.165, 1.54) is 18.2 Å². The van der Waals surface area contributed by atoms with Crippen molar-refractivity contribution in [2.75, 3.05) is 13.7 Å². The van der Waals surface area contributed by atoms with Gasteiger partial charge in [-0.2, -0.15) is 0 Å². The lowest BCUT2D eigenvalue weighted by Crippen LogP contribution is -2.27. The van der Waals surface area contributed by atoms with Crippen molar-refractivity contribution in [2.45, 2.75) is 0 Å². The third-order valence-corrected chi connectivity index (χ3v) is 3.21. The van der Waals surface area contributed by atoms with Crippen LogP contribution in [0.15, 0.2) is 48.2 Å². The molecule has 3 heteroatoms. The minimum Gasteiger partial charge on any atom is -0.466 e. The Hall–Kier alpha value is -2.29. The number of ether oxygens (including phenoxy) is 1. The van der Waals surface area contributed by atoms with Gasteiger partial charge in [0.1, 0.15) is 0 Å². The number of benzene rings is 1. The Morgan fingerprint density at radius 1 is 1.28 bits per heavy atom. The first kappa shape index (κ1) is 10.8. The van der Waals surface area contributed by atoms with E-state index in [0.717, 1.165) is 5.70 Å². The lowest BCUT2D eigenvalue weighted by Gasteiger charge is -2.31. The van der Waals surface area contributed by atoms with E-state index < -0.39 is 0 Å². The second-order valence-corrected chi connectivity index (χ2v) is 4.27. The molecular weight excluding hydrogens is 226 g/mol. The van der Waals surface area contributed by atoms with E-state index in [1.807, 2.05) is 30.5 Å². The number of fused-ring (bicyclic) bond motifs is 3. The Morgan fingerprint density at radius 3 is 2.94 bits per heavy atom. The van der Waals surface area contributed by atoms with Gasteiger partial charge in [0.2, 0.25) is 0 Å². The molecule has 0 aromatic heterocycles. The van der Waals surface area contributed by atoms with Crippen LogP contribution >= 0.6 is 0 Å². The van der Waals surface area contributed by atoms with Crippen LogP contribution in [-0.4, -0.2) is 24.5 Å². The minimum atomic E-state index is -0.266. The fourth-order valence-corrected chi connectivity index (χ4v) is 2.28. The van der Waals surface area contributed by atoms with E-state index in [-0.39, 0.29) is 5.97 Å². The lowest BCUT2D eigenvalue weighted by atomic mass is 9.97. The molecular formula is C15H13NO2. The summed E-state index contributed by atoms with van der Waals surface area (Å²) in [4.78, 5) is 13.6. The smallest absolute Gasteiger partial charge is 0.335 e. The molecule has 1 aromatic rings. The number of nitrogens with zero attached hydrogens (tertiary/aromatic N) is 1. The van der Waals surface area contributed by atoms with Gasteiger partial charge in [0.15, 0.2) is 0 Å². The van der Waals surface area contributed by atoms with Crippen molar-refractivity contribution < 1.29 is 9.53 Å². The summed E-state index contributed by atoms with van der Waals surface area (Å²) in [5.74, 6) is -0.266. The van der Waals surface area contributed by atoms with Crippen LogP contribution in [0.25, 0.3) is 11.8 Å². The monoisotopic (exact) mass is 239 g/mol. The summed E-state index contributed by atoms with van der Waals surface area (Å²) >= 11 is 0. The standard InChI is InChI=1S/C15H13NO2/c1-18-15(17)12-6-7-14-13-5-3-2-4-11(13)8-9-16(14)10-12/h2-9H,10H2,1H3. The van der Waals surface area contributed by atoms with Crippen molar-refractivity contribution in [3.8, 4) is 0 Å². The quantitative estimate of drug-likeness (QED) is 0.705. The molecule has 0 aliphatic carbocycles. The van der Waals surface area contributed by atoms with Gasteiger partial charge in [0.05, 0.1) is 19.2 Å². The van der Waals surface area contributed by atoms with Gasteiger partial charge in [0, 0.05) is 17.5 Å². The number of methoxy groups -OCH3 is 1. The molecule has 0 radical (unpaired) electrons. The maximum absolute atomic E-state index is 11.5. The van der Waals surface area contributed by atoms with Crippen molar-refractivity contribution in [3.63, 3.8) is 0 Å². The zero-order valence-corrected chi connectivity index (χ0v) is 10.1. The number of carbonyl (C=O) groups is 1. The summed E-state index contributed by atoms with van der Waals surface area (Å²) in [6.45, 7) is 0.559. The van der Waals surface area contributed by atoms with E-state index in [1.54, 1.807) is 0 Å². The summed E-state index contributed by atoms with van der Waals surface area (Å²) in [6.07, 6.45) is 7.88. The molecule has 0 saturated heterocycles. The number of esters is 1. The van der Waals surface area contributed by atoms with Gasteiger partial charge in [-0.15, -0.1) is 0 Å². The second kappa shape index (κ2) is 4.18. The van der Waals surface area contributed by atoms with Crippen molar-refractivity contribution in [3.05, 3.63) is 59.3 Å². The van der Waals surface area contributed by atoms with Gasteiger partial charge in [-0.25, -0.2) is 4.79 Å². The highest BCUT2D eigenvalue weighted by molar-refractivity contribution is 5.92. The Bertz CT molecular complexity index is 596. The van der Waals surface area contributed by atoms with Gasteiger partial charge >= 0.3 is 5.97 Å². The number of carbonyl (C=O) groups excluding carboxylic acids is 1. The summed E-state index contributed by atoms with van der Waals surface area (Å²) in [5.41, 5.74) is 4.20. The molecule has 2 aliphatic heterocycles. The normalized spacial score (nSPS) is 16.4. The minimum absolute atomic E-state index is 0.266. The SMILES string of the molecule is COC(=O)C1=CC=C2c3ccccc3C=CN2C1. The van der Waals surface area contributed by atoms with Crippen molar-refractivity contribution in [2.24, 2.45) is 0 Å². The zero-order valence-electron chi connectivity index (χ0n) is 10.1. The Morgan fingerprint density at radius 2 is 2.11 bits per heavy atom. The molecule has 2 aliphatic rings. The molecule has 0 unspecified atom stereocenters. The first-order chi connectivity index (χ1) is 8.79. The van der Waals surface area contributed by atoms with Crippen LogP contribution in [0, 0.1) is 0 Å². The molecule has 0 N–H and O–H groups in total. The predicted octanol–water partition coefficient (Wildman–Crippen LogP) is 2.43. The third-order valence-electron chi connectivity index (χ3n) is 3.21. The van der Waals surface area contributed by atoms with E-state index in [4.69, 9.17) is 4.74 Å². The molecule has 0 amide bonds. The van der Waals surface area contributed by atoms with Crippen LogP contribution in [0.5, 0.6) is 0 Å². The highest BCUT2D eigenvalue weighted by atomic mass is 16.5. The molecule has 0 saturated carbocycles. The number of hydrogen-bond donors (Lipinski definition) is 0. The fraction of sp³-hybridized carbons (Fsp3) is 0.133. The lowest BCUT2D eigenvalue weighted by molar-refractivity contribution is -0.136. The summed E-state index contributed by atoms with van der Waals surface area (Å²) in [6, 6.07) is 8.23. The molecule has 0 bridgehead atoms. The number of rotatable bonds is 1. The first-order valence-electron chi connectivity index (χ1n) is 5.83. The third kappa shape index (κ3) is 1.64. The van der Waals surface area contributed by atoms with Crippen LogP contribution in [0.3, 0.4) is 0 Å². The average Bonchev–Trinajstić information content (AvgIpc) is 2.45. The van der Waals surface area contributed by atoms with Crippen LogP contribution in [-0.2, 0) is 9.53 Å². The molecule has 0 atom stereocenters. The van der Waals surface area contributed by atoms with Crippen LogP contribution < -0.4 is 0 Å². The molecule has 0 fully saturated rings. The molecule has 3 rings (SSSR count). The van der Waals surface area contributed by atoms with Crippen LogP contribution in [0.4, 0.5) is 0 Å². The molecule has 90 valence electrons. The van der Waals surface area contributed by atoms with Gasteiger partial charge in [-0.1, -0.05) is 24.3 Å². The van der Waals surface area contributed by atoms with Gasteiger partial charge in [-0.05, 0) is 23.8 Å². The Balaban J connectivity index is 2.03. The number of allylic oxidation sites excluding steroid dienone is 2. The van der Waals surface area contributed by atoms with E-state index in [9.17, 15) is 4.79 Å². The highest BCUT2D eigenvalue weighted by Crippen LogP contribution is 2.32. The molecule has 1 aromatic carbocycles. The van der Waals surface area contributed by atoms with E-state index >= 15 is 0 Å². The first-order valence-corrected chi connectivity index (χ1v) is 5.83. The van der Waals surface area contributed by atoms with Crippen LogP contribution in [0.2, 0.25) is 0 Å². The average molecular weight is 239 g/mol. The maximum Gasteiger partial charge on any atom is 0.335 e. The van der Waals surface area contributed by atoms with Crippen molar-refractivity contribution in [1.82, 2.24) is 4.90 Å². The summed E-state index contributed by atoms with van der Waals surface area (Å²) < 4.78 is 4.75. The van der Waals surface area contributed by atoms with E-state index in [2.05, 4.69) is 23.1 Å². The van der Waals surface area contributed by atoms with Gasteiger partial charge in [-0.3, -0.25) is 0 Å². The molecule has 2 heterocycles. The summed E-state index contributed by atoms with van der Waals surface area (Å²) in [5, 5.41) is 0. The molecule has 0 spiro atoms. The molecule has 18 heavy (non-hydrogen) atoms. The Labute approximate surface area is 106 Å². The summed E-state index contributed by atoms with van der Waals surface area (Å²) in [7, 11) is 1.41. The fourth-order valence-electron chi connectivity index (χ4n) is 2.28. The van der Waals surface area contributed by atoms with Crippen molar-refractivity contribution >= 4 is 17.7 Å². The molecule has 3 nitrogen and oxygen atoms in total. The highest BCUT2D eigenvalue weighted by Gasteiger charge is 2.22. The predicted molar refractivity (Wildman–Crippen MR) is 70.3 cm³/mol. The largest absolute Gasteiger partial charge is 0.466 e. The van der Waals surface area contributed by atoms with E-state index in [0.29, 0.717) is 12.1 Å². The van der Waals surface area contributed by atoms with Gasteiger partial charge in [0.25, 0.3) is 0 Å². The number of hydrogen-bond acceptors (Lipinski definition) is 3. The topological polar surface area (TPSA) is 29.5 Å².